The summed E-state index contributed by atoms with van der Waals surface area (Å²) in [5.74, 6) is -3.42. The number of ketones is 1. The number of rotatable bonds is 44. The maximum Gasteiger partial charge on any atom is 0.317 e. The van der Waals surface area contributed by atoms with E-state index >= 15 is 0 Å². The van der Waals surface area contributed by atoms with Crippen LogP contribution in [-0.2, 0) is 71.5 Å². The monoisotopic (exact) mass is 1090 g/mol. The number of ether oxygens (including phenoxy) is 8. The molecule has 0 saturated carbocycles. The number of aliphatic carboxylic acids is 3. The van der Waals surface area contributed by atoms with Crippen LogP contribution in [0.25, 0.3) is 0 Å². The summed E-state index contributed by atoms with van der Waals surface area (Å²) in [7, 11) is 0. The standard InChI is InChI=1S/C50H92N8O18/c1-41(2)53-43(42(3)59)7-4-5-10-52-50(68)44-8-6-12-58(44)46(61)9-21-69-23-25-71-27-29-73-31-33-75-35-36-76-34-32-74-30-28-72-26-24-70-22-11-51-45(60)37-54-13-15-55(38-47(62)63)17-19-57(40-49(66)67)20-18-56(16-14-54)39-48(64)65/h41,43-44,53H,4-40H2,1-3H3,(H,51,60)(H,52,68)(H,62,63)(H,64,65)(H,66,67)/t43-,44-/m1/s1. The van der Waals surface area contributed by atoms with Crippen LogP contribution in [0.1, 0.15) is 59.3 Å². The molecule has 76 heavy (non-hydrogen) atoms. The highest BCUT2D eigenvalue weighted by atomic mass is 16.6. The molecule has 0 bridgehead atoms. The molecule has 3 amide bonds. The number of carbonyl (C=O) groups is 7. The molecular formula is C50H92N8O18. The van der Waals surface area contributed by atoms with Gasteiger partial charge in [-0.25, -0.2) is 0 Å². The lowest BCUT2D eigenvalue weighted by Crippen LogP contribution is -2.50. The van der Waals surface area contributed by atoms with Crippen LogP contribution in [0.3, 0.4) is 0 Å². The van der Waals surface area contributed by atoms with Gasteiger partial charge in [0.15, 0.2) is 0 Å². The second kappa shape index (κ2) is 43.9. The highest BCUT2D eigenvalue weighted by Crippen LogP contribution is 2.19. The minimum atomic E-state index is -1.03. The fourth-order valence-corrected chi connectivity index (χ4v) is 8.20. The third kappa shape index (κ3) is 36.1. The van der Waals surface area contributed by atoms with Crippen molar-refractivity contribution in [1.29, 1.82) is 0 Å². The van der Waals surface area contributed by atoms with Gasteiger partial charge in [-0.05, 0) is 39.0 Å². The lowest BCUT2D eigenvalue weighted by atomic mass is 10.1. The summed E-state index contributed by atoms with van der Waals surface area (Å²) in [6.07, 6.45) is 3.93. The van der Waals surface area contributed by atoms with Gasteiger partial charge in [0.2, 0.25) is 17.7 Å². The Labute approximate surface area is 448 Å². The van der Waals surface area contributed by atoms with Crippen molar-refractivity contribution in [2.24, 2.45) is 0 Å². The maximum atomic E-state index is 12.8. The van der Waals surface area contributed by atoms with Crippen LogP contribution in [0.5, 0.6) is 0 Å². The van der Waals surface area contributed by atoms with Crippen molar-refractivity contribution < 1.29 is 86.8 Å². The molecule has 6 N–H and O–H groups in total. The van der Waals surface area contributed by atoms with E-state index in [0.717, 1.165) is 25.7 Å². The Bertz CT molecular complexity index is 1590. The Morgan fingerprint density at radius 1 is 0.487 bits per heavy atom. The number of amides is 3. The lowest BCUT2D eigenvalue weighted by molar-refractivity contribution is -0.140. The zero-order chi connectivity index (χ0) is 55.6. The lowest BCUT2D eigenvalue weighted by Gasteiger charge is -2.32. The number of nitrogens with zero attached hydrogens (tertiary/aromatic N) is 5. The van der Waals surface area contributed by atoms with Gasteiger partial charge in [0.25, 0.3) is 0 Å². The Balaban J connectivity index is 1.38. The average molecular weight is 1090 g/mol. The number of carbonyl (C=O) groups excluding carboxylic acids is 4. The van der Waals surface area contributed by atoms with Crippen LogP contribution in [0.2, 0.25) is 0 Å². The molecule has 2 fully saturated rings. The third-order valence-corrected chi connectivity index (χ3v) is 12.1. The molecule has 2 aliphatic heterocycles. The molecule has 0 aromatic carbocycles. The van der Waals surface area contributed by atoms with Crippen molar-refractivity contribution in [2.45, 2.75) is 77.4 Å². The van der Waals surface area contributed by atoms with E-state index in [4.69, 9.17) is 37.9 Å². The van der Waals surface area contributed by atoms with Crippen LogP contribution < -0.4 is 16.0 Å². The molecule has 0 unspecified atom stereocenters. The minimum absolute atomic E-state index is 0.0230. The topological polar surface area (TPSA) is 306 Å². The summed E-state index contributed by atoms with van der Waals surface area (Å²) >= 11 is 0. The van der Waals surface area contributed by atoms with Crippen LogP contribution in [0.15, 0.2) is 0 Å². The van der Waals surface area contributed by atoms with Gasteiger partial charge in [0.1, 0.15) is 11.8 Å². The first-order valence-electron chi connectivity index (χ1n) is 26.9. The van der Waals surface area contributed by atoms with Crippen molar-refractivity contribution in [3.63, 3.8) is 0 Å². The normalized spacial score (nSPS) is 17.1. The summed E-state index contributed by atoms with van der Waals surface area (Å²) in [5, 5.41) is 37.2. The van der Waals surface area contributed by atoms with Gasteiger partial charge in [-0.1, -0.05) is 13.8 Å². The molecule has 26 nitrogen and oxygen atoms in total. The first-order valence-corrected chi connectivity index (χ1v) is 26.9. The van der Waals surface area contributed by atoms with Gasteiger partial charge in [-0.15, -0.1) is 0 Å². The van der Waals surface area contributed by atoms with Gasteiger partial charge >= 0.3 is 17.9 Å². The molecule has 0 aliphatic carbocycles. The summed E-state index contributed by atoms with van der Waals surface area (Å²) in [6.45, 7) is 14.7. The van der Waals surface area contributed by atoms with E-state index in [1.807, 2.05) is 18.7 Å². The molecule has 26 heteroatoms. The van der Waals surface area contributed by atoms with Gasteiger partial charge in [0.05, 0.1) is 144 Å². The van der Waals surface area contributed by atoms with Crippen LogP contribution >= 0.6 is 0 Å². The van der Waals surface area contributed by atoms with E-state index in [2.05, 4.69) is 16.0 Å². The number of nitrogens with one attached hydrogen (secondary N) is 3. The maximum absolute atomic E-state index is 12.8. The quantitative estimate of drug-likeness (QED) is 0.0372. The van der Waals surface area contributed by atoms with Gasteiger partial charge in [0, 0.05) is 78.0 Å². The minimum Gasteiger partial charge on any atom is -0.480 e. The first kappa shape index (κ1) is 68.1. The van der Waals surface area contributed by atoms with Gasteiger partial charge in [-0.3, -0.25) is 53.2 Å². The molecule has 0 aromatic heterocycles. The Kier molecular flexibility index (Phi) is 39.3. The second-order valence-corrected chi connectivity index (χ2v) is 18.8. The Morgan fingerprint density at radius 3 is 1.25 bits per heavy atom. The molecule has 0 spiro atoms. The number of carboxylic acid groups (broad SMARTS) is 3. The fourth-order valence-electron chi connectivity index (χ4n) is 8.20. The number of likely N-dealkylation sites (tertiary alicyclic amines) is 1. The average Bonchev–Trinajstić information content (AvgIpc) is 3.86. The Morgan fingerprint density at radius 2 is 0.868 bits per heavy atom. The zero-order valence-corrected chi connectivity index (χ0v) is 45.6. The number of hydrogen-bond acceptors (Lipinski definition) is 20. The van der Waals surface area contributed by atoms with Crippen molar-refractivity contribution >= 4 is 41.4 Å². The second-order valence-electron chi connectivity index (χ2n) is 18.8. The summed E-state index contributed by atoms with van der Waals surface area (Å²) in [6, 6.07) is -0.401. The molecule has 2 heterocycles. The molecule has 2 atom stereocenters. The first-order chi connectivity index (χ1) is 36.6. The van der Waals surface area contributed by atoms with Crippen molar-refractivity contribution in [2.75, 3.05) is 204 Å². The highest BCUT2D eigenvalue weighted by Gasteiger charge is 2.33. The van der Waals surface area contributed by atoms with E-state index in [9.17, 15) is 48.9 Å². The van der Waals surface area contributed by atoms with Crippen molar-refractivity contribution in [1.82, 2.24) is 40.4 Å². The Hall–Kier alpha value is -4.03. The van der Waals surface area contributed by atoms with Crippen molar-refractivity contribution in [3.05, 3.63) is 0 Å². The van der Waals surface area contributed by atoms with E-state index in [1.54, 1.807) is 26.5 Å². The van der Waals surface area contributed by atoms with E-state index in [1.165, 1.54) is 0 Å². The van der Waals surface area contributed by atoms with E-state index in [0.29, 0.717) is 164 Å². The van der Waals surface area contributed by atoms with Crippen LogP contribution in [0, 0.1) is 0 Å². The largest absolute Gasteiger partial charge is 0.480 e. The smallest absolute Gasteiger partial charge is 0.317 e. The zero-order valence-electron chi connectivity index (χ0n) is 45.6. The van der Waals surface area contributed by atoms with E-state index < -0.39 is 23.9 Å². The molecule has 0 radical (unpaired) electrons. The SMILES string of the molecule is CC(=O)[C@@H](CCCCNC(=O)[C@H]1CCCN1C(=O)CCOCCOCCOCCOCCOCCOCCOCCOCCNC(=O)CN1CCN(CC(=O)O)CCN(CC(=O)O)CCN(CC(=O)O)CC1)NC(C)C. The molecule has 2 rings (SSSR count). The number of carboxylic acids is 3. The third-order valence-electron chi connectivity index (χ3n) is 12.1. The predicted molar refractivity (Wildman–Crippen MR) is 277 cm³/mol. The summed E-state index contributed by atoms with van der Waals surface area (Å²) in [5.41, 5.74) is 0. The number of Topliss-reactive ketones (excluding diaryl/α,β-unsaturated/α-hetero) is 1. The predicted octanol–water partition coefficient (Wildman–Crippen LogP) is -1.67. The van der Waals surface area contributed by atoms with Crippen LogP contribution in [-0.4, -0.2) is 303 Å². The number of hydrogen-bond donors (Lipinski definition) is 6. The number of unbranched alkanes of at least 4 members (excludes halogenated alkanes) is 1. The molecule has 2 aliphatic rings. The molecule has 440 valence electrons. The van der Waals surface area contributed by atoms with Gasteiger partial charge in [-0.2, -0.15) is 0 Å². The molecular weight excluding hydrogens is 1000 g/mol. The van der Waals surface area contributed by atoms with E-state index in [-0.39, 0.29) is 87.9 Å². The highest BCUT2D eigenvalue weighted by molar-refractivity contribution is 5.88. The summed E-state index contributed by atoms with van der Waals surface area (Å²) < 4.78 is 44.3. The molecule has 0 aromatic rings. The van der Waals surface area contributed by atoms with Crippen molar-refractivity contribution in [3.8, 4) is 0 Å². The fraction of sp³-hybridized carbons (Fsp3) is 0.860. The molecule has 2 saturated heterocycles. The van der Waals surface area contributed by atoms with Gasteiger partial charge < -0.3 is 74.1 Å². The summed E-state index contributed by atoms with van der Waals surface area (Å²) in [4.78, 5) is 93.3. The van der Waals surface area contributed by atoms with Crippen LogP contribution in [0.4, 0.5) is 0 Å².